The van der Waals surface area contributed by atoms with Gasteiger partial charge < -0.3 is 10.2 Å². The first kappa shape index (κ1) is 14.1. The van der Waals surface area contributed by atoms with Gasteiger partial charge in [-0.1, -0.05) is 18.2 Å². The van der Waals surface area contributed by atoms with Crippen molar-refractivity contribution in [2.24, 2.45) is 0 Å². The third-order valence-corrected chi connectivity index (χ3v) is 3.98. The van der Waals surface area contributed by atoms with E-state index in [1.54, 1.807) is 0 Å². The second kappa shape index (κ2) is 6.27. The Balaban J connectivity index is 1.82. The van der Waals surface area contributed by atoms with Crippen molar-refractivity contribution >= 4 is 11.5 Å². The number of nitrogens with one attached hydrogen (secondary N) is 1. The van der Waals surface area contributed by atoms with Crippen LogP contribution in [0.3, 0.4) is 0 Å². The summed E-state index contributed by atoms with van der Waals surface area (Å²) in [6.07, 6.45) is 4.56. The Kier molecular flexibility index (Phi) is 4.20. The second-order valence-corrected chi connectivity index (χ2v) is 5.71. The van der Waals surface area contributed by atoms with Gasteiger partial charge in [-0.3, -0.25) is 0 Å². The maximum Gasteiger partial charge on any atom is 0.133 e. The molecule has 1 N–H and O–H groups in total. The summed E-state index contributed by atoms with van der Waals surface area (Å²) in [6.45, 7) is 6.17. The van der Waals surface area contributed by atoms with E-state index in [-0.39, 0.29) is 0 Å². The number of benzene rings is 1. The van der Waals surface area contributed by atoms with E-state index in [0.717, 1.165) is 24.9 Å². The molecule has 1 aromatic carbocycles. The van der Waals surface area contributed by atoms with Crippen molar-refractivity contribution in [2.45, 2.75) is 39.3 Å². The summed E-state index contributed by atoms with van der Waals surface area (Å²) in [5.74, 6) is 1.03. The first-order valence-corrected chi connectivity index (χ1v) is 7.79. The van der Waals surface area contributed by atoms with Gasteiger partial charge >= 0.3 is 0 Å². The molecule has 1 aliphatic carbocycles. The van der Waals surface area contributed by atoms with E-state index in [1.165, 1.54) is 29.7 Å². The number of aromatic nitrogens is 1. The van der Waals surface area contributed by atoms with Gasteiger partial charge in [0.25, 0.3) is 0 Å². The molecule has 1 fully saturated rings. The van der Waals surface area contributed by atoms with Crippen LogP contribution in [0.4, 0.5) is 11.5 Å². The molecule has 110 valence electrons. The van der Waals surface area contributed by atoms with Crippen LogP contribution in [0.15, 0.2) is 42.6 Å². The highest BCUT2D eigenvalue weighted by Gasteiger charge is 2.20. The van der Waals surface area contributed by atoms with Crippen LogP contribution in [0.1, 0.15) is 30.9 Å². The van der Waals surface area contributed by atoms with Crippen LogP contribution in [0.25, 0.3) is 0 Å². The minimum Gasteiger partial charge on any atom is -0.326 e. The third-order valence-electron chi connectivity index (χ3n) is 3.98. The van der Waals surface area contributed by atoms with Gasteiger partial charge in [0.15, 0.2) is 0 Å². The minimum absolute atomic E-state index is 0.736. The largest absolute Gasteiger partial charge is 0.326 e. The summed E-state index contributed by atoms with van der Waals surface area (Å²) in [7, 11) is 0. The predicted octanol–water partition coefficient (Wildman–Crippen LogP) is 3.80. The van der Waals surface area contributed by atoms with Crippen LogP contribution in [-0.2, 0) is 6.54 Å². The average molecular weight is 281 g/mol. The SMILES string of the molecule is CCN(c1cc(CNC2CC2)ccn1)c1ccccc1C. The van der Waals surface area contributed by atoms with E-state index in [0.29, 0.717) is 0 Å². The Hall–Kier alpha value is -1.87. The van der Waals surface area contributed by atoms with Gasteiger partial charge in [-0.15, -0.1) is 0 Å². The van der Waals surface area contributed by atoms with Crippen molar-refractivity contribution in [1.29, 1.82) is 0 Å². The minimum atomic E-state index is 0.736. The Morgan fingerprint density at radius 3 is 2.76 bits per heavy atom. The Morgan fingerprint density at radius 2 is 2.05 bits per heavy atom. The molecule has 1 saturated carbocycles. The van der Waals surface area contributed by atoms with Crippen LogP contribution < -0.4 is 10.2 Å². The van der Waals surface area contributed by atoms with Gasteiger partial charge in [0, 0.05) is 31.0 Å². The first-order chi connectivity index (χ1) is 10.3. The lowest BCUT2D eigenvalue weighted by Gasteiger charge is -2.24. The van der Waals surface area contributed by atoms with Crippen LogP contribution in [-0.4, -0.2) is 17.6 Å². The summed E-state index contributed by atoms with van der Waals surface area (Å²) in [6, 6.07) is 13.5. The molecule has 1 aromatic heterocycles. The van der Waals surface area contributed by atoms with E-state index >= 15 is 0 Å². The van der Waals surface area contributed by atoms with E-state index in [9.17, 15) is 0 Å². The zero-order valence-electron chi connectivity index (χ0n) is 12.8. The van der Waals surface area contributed by atoms with Gasteiger partial charge in [0.2, 0.25) is 0 Å². The van der Waals surface area contributed by atoms with Gasteiger partial charge in [-0.25, -0.2) is 4.98 Å². The van der Waals surface area contributed by atoms with Crippen molar-refractivity contribution in [3.63, 3.8) is 0 Å². The van der Waals surface area contributed by atoms with E-state index in [4.69, 9.17) is 0 Å². The number of hydrogen-bond acceptors (Lipinski definition) is 3. The standard InChI is InChI=1S/C18H23N3/c1-3-21(17-7-5-4-6-14(17)2)18-12-15(10-11-19-18)13-20-16-8-9-16/h4-7,10-12,16,20H,3,8-9,13H2,1-2H3. The molecule has 0 radical (unpaired) electrons. The molecular formula is C18H23N3. The van der Waals surface area contributed by atoms with E-state index in [1.807, 2.05) is 6.20 Å². The quantitative estimate of drug-likeness (QED) is 0.873. The Bertz CT molecular complexity index is 605. The molecule has 0 amide bonds. The fraction of sp³-hybridized carbons (Fsp3) is 0.389. The van der Waals surface area contributed by atoms with E-state index in [2.05, 4.69) is 65.4 Å². The molecule has 0 unspecified atom stereocenters. The molecule has 0 spiro atoms. The number of rotatable bonds is 6. The van der Waals surface area contributed by atoms with Crippen LogP contribution >= 0.6 is 0 Å². The number of para-hydroxylation sites is 1. The Morgan fingerprint density at radius 1 is 1.24 bits per heavy atom. The van der Waals surface area contributed by atoms with Crippen molar-refractivity contribution in [3.8, 4) is 0 Å². The van der Waals surface area contributed by atoms with Crippen molar-refractivity contribution in [1.82, 2.24) is 10.3 Å². The molecule has 0 saturated heterocycles. The van der Waals surface area contributed by atoms with Crippen LogP contribution in [0.5, 0.6) is 0 Å². The normalized spacial score (nSPS) is 14.2. The lowest BCUT2D eigenvalue weighted by atomic mass is 10.1. The number of aryl methyl sites for hydroxylation is 1. The predicted molar refractivity (Wildman–Crippen MR) is 88.0 cm³/mol. The summed E-state index contributed by atoms with van der Waals surface area (Å²) in [5.41, 5.74) is 3.82. The van der Waals surface area contributed by atoms with Gasteiger partial charge in [-0.2, -0.15) is 0 Å². The zero-order valence-corrected chi connectivity index (χ0v) is 12.8. The summed E-state index contributed by atoms with van der Waals surface area (Å²) < 4.78 is 0. The lowest BCUT2D eigenvalue weighted by Crippen LogP contribution is -2.19. The second-order valence-electron chi connectivity index (χ2n) is 5.71. The summed E-state index contributed by atoms with van der Waals surface area (Å²) in [5, 5.41) is 3.56. The molecule has 3 heteroatoms. The third kappa shape index (κ3) is 3.42. The highest BCUT2D eigenvalue weighted by molar-refractivity contribution is 5.63. The topological polar surface area (TPSA) is 28.2 Å². The molecule has 3 rings (SSSR count). The zero-order chi connectivity index (χ0) is 14.7. The van der Waals surface area contributed by atoms with Crippen molar-refractivity contribution < 1.29 is 0 Å². The number of nitrogens with zero attached hydrogens (tertiary/aromatic N) is 2. The monoisotopic (exact) mass is 281 g/mol. The van der Waals surface area contributed by atoms with E-state index < -0.39 is 0 Å². The highest BCUT2D eigenvalue weighted by Crippen LogP contribution is 2.27. The molecule has 1 heterocycles. The summed E-state index contributed by atoms with van der Waals surface area (Å²) in [4.78, 5) is 6.84. The molecule has 0 atom stereocenters. The maximum atomic E-state index is 4.57. The fourth-order valence-corrected chi connectivity index (χ4v) is 2.59. The lowest BCUT2D eigenvalue weighted by molar-refractivity contribution is 0.687. The van der Waals surface area contributed by atoms with Crippen LogP contribution in [0.2, 0.25) is 0 Å². The highest BCUT2D eigenvalue weighted by atomic mass is 15.2. The van der Waals surface area contributed by atoms with Crippen LogP contribution in [0, 0.1) is 6.92 Å². The number of anilines is 2. The molecule has 2 aromatic rings. The fourth-order valence-electron chi connectivity index (χ4n) is 2.59. The van der Waals surface area contributed by atoms with Gasteiger partial charge in [-0.05, 0) is 56.0 Å². The number of pyridine rings is 1. The van der Waals surface area contributed by atoms with Gasteiger partial charge in [0.1, 0.15) is 5.82 Å². The number of hydrogen-bond donors (Lipinski definition) is 1. The molecular weight excluding hydrogens is 258 g/mol. The van der Waals surface area contributed by atoms with Crippen molar-refractivity contribution in [2.75, 3.05) is 11.4 Å². The maximum absolute atomic E-state index is 4.57. The average Bonchev–Trinajstić information content (AvgIpc) is 3.33. The molecule has 3 nitrogen and oxygen atoms in total. The molecule has 0 bridgehead atoms. The first-order valence-electron chi connectivity index (χ1n) is 7.79. The molecule has 1 aliphatic rings. The van der Waals surface area contributed by atoms with Gasteiger partial charge in [0.05, 0.1) is 0 Å². The molecule has 0 aliphatic heterocycles. The summed E-state index contributed by atoms with van der Waals surface area (Å²) >= 11 is 0. The van der Waals surface area contributed by atoms with Crippen molar-refractivity contribution in [3.05, 3.63) is 53.7 Å². The molecule has 21 heavy (non-hydrogen) atoms. The smallest absolute Gasteiger partial charge is 0.133 e. The Labute approximate surface area is 127 Å².